The Morgan fingerprint density at radius 3 is 2.17 bits per heavy atom. The van der Waals surface area contributed by atoms with Crippen molar-refractivity contribution >= 4 is 39.3 Å². The lowest BCUT2D eigenvalue weighted by atomic mass is 10.1. The van der Waals surface area contributed by atoms with Crippen molar-refractivity contribution in [2.24, 2.45) is 0 Å². The van der Waals surface area contributed by atoms with Gasteiger partial charge in [0.1, 0.15) is 18.4 Å². The van der Waals surface area contributed by atoms with Gasteiger partial charge in [-0.25, -0.2) is 12.8 Å². The van der Waals surface area contributed by atoms with E-state index >= 15 is 0 Å². The van der Waals surface area contributed by atoms with Crippen LogP contribution in [0.3, 0.4) is 0 Å². The van der Waals surface area contributed by atoms with Crippen molar-refractivity contribution in [2.45, 2.75) is 62.5 Å². The number of carbonyl (C=O) groups is 2. The van der Waals surface area contributed by atoms with Gasteiger partial charge in [0.15, 0.2) is 0 Å². The normalized spacial score (nSPS) is 12.8. The molecule has 2 atom stereocenters. The summed E-state index contributed by atoms with van der Waals surface area (Å²) in [5.41, 5.74) is 1.44. The SMILES string of the molecule is CC[C@H](C)NC(=O)[C@@H](C)N(Cc1ccccc1F)C(=O)CN(c1ccc(C)cc1)S(=O)(=O)c1ccc(SC)cc1. The molecule has 3 rings (SSSR count). The first-order chi connectivity index (χ1) is 19.0. The highest BCUT2D eigenvalue weighted by atomic mass is 32.2. The molecule has 0 aliphatic carbocycles. The summed E-state index contributed by atoms with van der Waals surface area (Å²) in [6.07, 6.45) is 2.58. The Morgan fingerprint density at radius 1 is 0.975 bits per heavy atom. The number of sulfonamides is 1. The number of hydrogen-bond donors (Lipinski definition) is 1. The summed E-state index contributed by atoms with van der Waals surface area (Å²) in [4.78, 5) is 29.1. The van der Waals surface area contributed by atoms with E-state index < -0.39 is 40.2 Å². The predicted molar refractivity (Wildman–Crippen MR) is 158 cm³/mol. The van der Waals surface area contributed by atoms with Gasteiger partial charge >= 0.3 is 0 Å². The minimum Gasteiger partial charge on any atom is -0.352 e. The molecule has 0 fully saturated rings. The van der Waals surface area contributed by atoms with E-state index in [1.54, 1.807) is 49.4 Å². The largest absolute Gasteiger partial charge is 0.352 e. The quantitative estimate of drug-likeness (QED) is 0.288. The molecule has 0 radical (unpaired) electrons. The molecule has 0 heterocycles. The zero-order chi connectivity index (χ0) is 29.4. The monoisotopic (exact) mass is 585 g/mol. The third-order valence-electron chi connectivity index (χ3n) is 6.72. The molecular weight excluding hydrogens is 549 g/mol. The van der Waals surface area contributed by atoms with Crippen molar-refractivity contribution in [2.75, 3.05) is 17.1 Å². The van der Waals surface area contributed by atoms with Crippen LogP contribution < -0.4 is 9.62 Å². The second kappa shape index (κ2) is 13.8. The van der Waals surface area contributed by atoms with Gasteiger partial charge in [-0.1, -0.05) is 42.8 Å². The highest BCUT2D eigenvalue weighted by Gasteiger charge is 2.33. The Kier molecular flexibility index (Phi) is 10.8. The maximum absolute atomic E-state index is 14.6. The fourth-order valence-corrected chi connectivity index (χ4v) is 5.80. The lowest BCUT2D eigenvalue weighted by Crippen LogP contribution is -2.52. The maximum Gasteiger partial charge on any atom is 0.264 e. The first-order valence-electron chi connectivity index (χ1n) is 13.0. The lowest BCUT2D eigenvalue weighted by molar-refractivity contribution is -0.139. The molecule has 0 aliphatic heterocycles. The van der Waals surface area contributed by atoms with E-state index in [-0.39, 0.29) is 23.0 Å². The highest BCUT2D eigenvalue weighted by molar-refractivity contribution is 7.98. The average molecular weight is 586 g/mol. The summed E-state index contributed by atoms with van der Waals surface area (Å²) in [5, 5.41) is 2.86. The number of rotatable bonds is 12. The van der Waals surface area contributed by atoms with Gasteiger partial charge in [0.25, 0.3) is 10.0 Å². The summed E-state index contributed by atoms with van der Waals surface area (Å²) in [5.74, 6) is -1.57. The number of aryl methyl sites for hydroxylation is 1. The lowest BCUT2D eigenvalue weighted by Gasteiger charge is -2.32. The molecule has 214 valence electrons. The fourth-order valence-electron chi connectivity index (χ4n) is 3.97. The molecule has 0 aliphatic rings. The average Bonchev–Trinajstić information content (AvgIpc) is 2.95. The Hall–Kier alpha value is -3.37. The molecule has 0 unspecified atom stereocenters. The molecule has 10 heteroatoms. The summed E-state index contributed by atoms with van der Waals surface area (Å²) in [6.45, 7) is 6.43. The number of nitrogens with one attached hydrogen (secondary N) is 1. The second-order valence-corrected chi connectivity index (χ2v) is 12.4. The zero-order valence-electron chi connectivity index (χ0n) is 23.4. The Balaban J connectivity index is 2.03. The van der Waals surface area contributed by atoms with Gasteiger partial charge in [-0.2, -0.15) is 0 Å². The Bertz CT molecular complexity index is 1410. The highest BCUT2D eigenvalue weighted by Crippen LogP contribution is 2.26. The molecule has 0 saturated heterocycles. The molecule has 0 bridgehead atoms. The van der Waals surface area contributed by atoms with Crippen molar-refractivity contribution in [3.05, 3.63) is 89.7 Å². The fraction of sp³-hybridized carbons (Fsp3) is 0.333. The number of nitrogens with zero attached hydrogens (tertiary/aromatic N) is 2. The van der Waals surface area contributed by atoms with E-state index in [0.717, 1.165) is 14.8 Å². The molecule has 40 heavy (non-hydrogen) atoms. The number of benzene rings is 3. The third-order valence-corrected chi connectivity index (χ3v) is 9.25. The van der Waals surface area contributed by atoms with Crippen LogP contribution in [0.25, 0.3) is 0 Å². The van der Waals surface area contributed by atoms with Crippen LogP contribution in [-0.2, 0) is 26.2 Å². The second-order valence-electron chi connectivity index (χ2n) is 9.63. The minimum atomic E-state index is -4.17. The van der Waals surface area contributed by atoms with Crippen LogP contribution in [0.2, 0.25) is 0 Å². The molecule has 7 nitrogen and oxygen atoms in total. The van der Waals surface area contributed by atoms with Crippen LogP contribution in [0.15, 0.2) is 82.6 Å². The van der Waals surface area contributed by atoms with Crippen LogP contribution >= 0.6 is 11.8 Å². The van der Waals surface area contributed by atoms with Gasteiger partial charge in [-0.05, 0) is 75.9 Å². The van der Waals surface area contributed by atoms with Crippen molar-refractivity contribution < 1.29 is 22.4 Å². The van der Waals surface area contributed by atoms with Gasteiger partial charge in [0, 0.05) is 23.0 Å². The minimum absolute atomic E-state index is 0.0295. The standard InChI is InChI=1S/C30H36FN3O4S2/c1-6-22(3)32-30(36)23(4)33(19-24-9-7-8-10-28(24)31)29(35)20-34(25-13-11-21(2)12-14-25)40(37,38)27-17-15-26(39-5)16-18-27/h7-18,22-23H,6,19-20H2,1-5H3,(H,32,36)/t22-,23+/m0/s1. The molecule has 1 N–H and O–H groups in total. The van der Waals surface area contributed by atoms with Gasteiger partial charge in [-0.3, -0.25) is 13.9 Å². The molecule has 3 aromatic carbocycles. The Morgan fingerprint density at radius 2 is 1.60 bits per heavy atom. The molecule has 0 aromatic heterocycles. The van der Waals surface area contributed by atoms with Gasteiger partial charge in [-0.15, -0.1) is 11.8 Å². The van der Waals surface area contributed by atoms with E-state index in [9.17, 15) is 22.4 Å². The number of amides is 2. The Labute approximate surface area is 240 Å². The summed E-state index contributed by atoms with van der Waals surface area (Å²) < 4.78 is 43.4. The van der Waals surface area contributed by atoms with E-state index in [1.165, 1.54) is 47.0 Å². The topological polar surface area (TPSA) is 86.8 Å². The number of carbonyl (C=O) groups excluding carboxylic acids is 2. The summed E-state index contributed by atoms with van der Waals surface area (Å²) in [7, 11) is -4.17. The van der Waals surface area contributed by atoms with Crippen molar-refractivity contribution in [1.29, 1.82) is 0 Å². The number of anilines is 1. The van der Waals surface area contributed by atoms with Crippen molar-refractivity contribution in [1.82, 2.24) is 10.2 Å². The molecule has 2 amide bonds. The first kappa shape index (κ1) is 31.2. The zero-order valence-corrected chi connectivity index (χ0v) is 25.1. The van der Waals surface area contributed by atoms with Crippen molar-refractivity contribution in [3.8, 4) is 0 Å². The number of thioether (sulfide) groups is 1. The van der Waals surface area contributed by atoms with E-state index in [2.05, 4.69) is 5.32 Å². The van der Waals surface area contributed by atoms with E-state index in [0.29, 0.717) is 12.1 Å². The molecule has 3 aromatic rings. The summed E-state index contributed by atoms with van der Waals surface area (Å²) in [6, 6.07) is 18.1. The van der Waals surface area contributed by atoms with Crippen LogP contribution in [0.4, 0.5) is 10.1 Å². The number of hydrogen-bond acceptors (Lipinski definition) is 5. The van der Waals surface area contributed by atoms with Crippen LogP contribution in [0.5, 0.6) is 0 Å². The number of halogens is 1. The van der Waals surface area contributed by atoms with Crippen LogP contribution in [0, 0.1) is 12.7 Å². The smallest absolute Gasteiger partial charge is 0.264 e. The molecular formula is C30H36FN3O4S2. The van der Waals surface area contributed by atoms with E-state index in [4.69, 9.17) is 0 Å². The maximum atomic E-state index is 14.6. The third kappa shape index (κ3) is 7.63. The molecule has 0 spiro atoms. The van der Waals surface area contributed by atoms with Gasteiger partial charge in [0.05, 0.1) is 10.6 Å². The van der Waals surface area contributed by atoms with Gasteiger partial charge < -0.3 is 10.2 Å². The van der Waals surface area contributed by atoms with Crippen molar-refractivity contribution in [3.63, 3.8) is 0 Å². The predicted octanol–water partition coefficient (Wildman–Crippen LogP) is 5.38. The first-order valence-corrected chi connectivity index (χ1v) is 15.7. The van der Waals surface area contributed by atoms with Crippen LogP contribution in [-0.4, -0.2) is 50.0 Å². The van der Waals surface area contributed by atoms with Gasteiger partial charge in [0.2, 0.25) is 11.8 Å². The molecule has 0 saturated carbocycles. The van der Waals surface area contributed by atoms with E-state index in [1.807, 2.05) is 27.0 Å². The van der Waals surface area contributed by atoms with Crippen LogP contribution in [0.1, 0.15) is 38.3 Å². The summed E-state index contributed by atoms with van der Waals surface area (Å²) >= 11 is 1.48.